The third kappa shape index (κ3) is 2.99. The molecular formula is C10H15NO3. The van der Waals surface area contributed by atoms with Crippen molar-refractivity contribution in [2.75, 3.05) is 6.61 Å². The lowest BCUT2D eigenvalue weighted by molar-refractivity contribution is 0.140. The molecule has 78 valence electrons. The van der Waals surface area contributed by atoms with E-state index in [9.17, 15) is 5.11 Å². The summed E-state index contributed by atoms with van der Waals surface area (Å²) in [5, 5.41) is 27.4. The lowest BCUT2D eigenvalue weighted by Crippen LogP contribution is -2.26. The fourth-order valence-corrected chi connectivity index (χ4v) is 1.19. The van der Waals surface area contributed by atoms with Crippen molar-refractivity contribution in [1.29, 1.82) is 0 Å². The van der Waals surface area contributed by atoms with Crippen molar-refractivity contribution in [3.63, 3.8) is 0 Å². The van der Waals surface area contributed by atoms with Crippen LogP contribution in [-0.2, 0) is 0 Å². The summed E-state index contributed by atoms with van der Waals surface area (Å²) in [7, 11) is 0. The van der Waals surface area contributed by atoms with E-state index >= 15 is 0 Å². The number of rotatable bonds is 4. The highest BCUT2D eigenvalue weighted by atomic mass is 16.3. The van der Waals surface area contributed by atoms with Crippen LogP contribution in [0.4, 0.5) is 0 Å². The fourth-order valence-electron chi connectivity index (χ4n) is 1.19. The zero-order chi connectivity index (χ0) is 10.6. The summed E-state index contributed by atoms with van der Waals surface area (Å²) in [6, 6.07) is 5.85. The minimum Gasteiger partial charge on any atom is -0.508 e. The number of benzene rings is 1. The molecule has 2 atom stereocenters. The number of aliphatic hydroxyl groups is 2. The van der Waals surface area contributed by atoms with Gasteiger partial charge in [-0.1, -0.05) is 12.1 Å². The van der Waals surface area contributed by atoms with Crippen LogP contribution in [0, 0.1) is 0 Å². The normalized spacial score (nSPS) is 15.1. The van der Waals surface area contributed by atoms with Crippen molar-refractivity contribution in [1.82, 2.24) is 0 Å². The Morgan fingerprint density at radius 2 is 1.79 bits per heavy atom. The topological polar surface area (TPSA) is 86.7 Å². The molecule has 0 aliphatic carbocycles. The van der Waals surface area contributed by atoms with Crippen LogP contribution in [0.3, 0.4) is 0 Å². The van der Waals surface area contributed by atoms with Crippen LogP contribution in [0.5, 0.6) is 5.75 Å². The highest BCUT2D eigenvalue weighted by Gasteiger charge is 2.11. The fraction of sp³-hybridized carbons (Fsp3) is 0.400. The molecule has 5 N–H and O–H groups in total. The molecule has 1 aromatic rings. The first-order valence-corrected chi connectivity index (χ1v) is 4.47. The lowest BCUT2D eigenvalue weighted by Gasteiger charge is -2.14. The van der Waals surface area contributed by atoms with Gasteiger partial charge in [-0.15, -0.1) is 0 Å². The summed E-state index contributed by atoms with van der Waals surface area (Å²) < 4.78 is 0. The van der Waals surface area contributed by atoms with Gasteiger partial charge >= 0.3 is 0 Å². The summed E-state index contributed by atoms with van der Waals surface area (Å²) in [5.41, 5.74) is 6.17. The van der Waals surface area contributed by atoms with E-state index < -0.39 is 12.1 Å². The molecule has 4 heteroatoms. The Balaban J connectivity index is 2.60. The molecule has 0 aliphatic rings. The van der Waals surface area contributed by atoms with Crippen LogP contribution in [0.15, 0.2) is 24.3 Å². The Bertz CT molecular complexity index is 273. The Labute approximate surface area is 82.6 Å². The Kier molecular flexibility index (Phi) is 3.88. The molecule has 0 amide bonds. The summed E-state index contributed by atoms with van der Waals surface area (Å²) >= 11 is 0. The third-order valence-corrected chi connectivity index (χ3v) is 2.04. The van der Waals surface area contributed by atoms with E-state index in [0.717, 1.165) is 0 Å². The molecule has 14 heavy (non-hydrogen) atoms. The number of nitrogens with two attached hydrogens (primary N) is 1. The van der Waals surface area contributed by atoms with Crippen molar-refractivity contribution in [2.24, 2.45) is 5.73 Å². The van der Waals surface area contributed by atoms with Crippen molar-refractivity contribution in [3.05, 3.63) is 29.8 Å². The first kappa shape index (κ1) is 11.0. The van der Waals surface area contributed by atoms with Gasteiger partial charge in [0.2, 0.25) is 0 Å². The SMILES string of the molecule is N[C@H](CO)C[C@H](O)c1ccc(O)cc1. The maximum Gasteiger partial charge on any atom is 0.115 e. The minimum absolute atomic E-state index is 0.144. The van der Waals surface area contributed by atoms with Gasteiger partial charge in [-0.05, 0) is 24.1 Å². The van der Waals surface area contributed by atoms with Gasteiger partial charge in [-0.2, -0.15) is 0 Å². The summed E-state index contributed by atoms with van der Waals surface area (Å²) in [5.74, 6) is 0.160. The van der Waals surface area contributed by atoms with Crippen molar-refractivity contribution < 1.29 is 15.3 Å². The van der Waals surface area contributed by atoms with Gasteiger partial charge in [0.05, 0.1) is 12.7 Å². The average Bonchev–Trinajstić information content (AvgIpc) is 2.18. The Morgan fingerprint density at radius 3 is 2.29 bits per heavy atom. The second kappa shape index (κ2) is 4.95. The van der Waals surface area contributed by atoms with E-state index in [4.69, 9.17) is 15.9 Å². The molecule has 0 aliphatic heterocycles. The van der Waals surface area contributed by atoms with Gasteiger partial charge in [-0.25, -0.2) is 0 Å². The van der Waals surface area contributed by atoms with Crippen LogP contribution in [0.2, 0.25) is 0 Å². The van der Waals surface area contributed by atoms with E-state index in [1.807, 2.05) is 0 Å². The van der Waals surface area contributed by atoms with Gasteiger partial charge in [0.1, 0.15) is 5.75 Å². The summed E-state index contributed by atoms with van der Waals surface area (Å²) in [4.78, 5) is 0. The van der Waals surface area contributed by atoms with Crippen molar-refractivity contribution in [3.8, 4) is 5.75 Å². The molecule has 0 heterocycles. The van der Waals surface area contributed by atoms with E-state index in [2.05, 4.69) is 0 Å². The molecule has 1 aromatic carbocycles. The molecule has 4 nitrogen and oxygen atoms in total. The minimum atomic E-state index is -0.697. The number of aliphatic hydroxyl groups excluding tert-OH is 2. The van der Waals surface area contributed by atoms with Crippen LogP contribution >= 0.6 is 0 Å². The third-order valence-electron chi connectivity index (χ3n) is 2.04. The molecule has 0 saturated carbocycles. The highest BCUT2D eigenvalue weighted by molar-refractivity contribution is 5.27. The largest absolute Gasteiger partial charge is 0.508 e. The molecule has 1 rings (SSSR count). The quantitative estimate of drug-likeness (QED) is 0.553. The van der Waals surface area contributed by atoms with Gasteiger partial charge in [-0.3, -0.25) is 0 Å². The molecule has 0 fully saturated rings. The van der Waals surface area contributed by atoms with E-state index in [0.29, 0.717) is 12.0 Å². The van der Waals surface area contributed by atoms with E-state index in [-0.39, 0.29) is 12.4 Å². The molecule has 0 unspecified atom stereocenters. The number of phenolic OH excluding ortho intramolecular Hbond substituents is 1. The maximum atomic E-state index is 9.64. The first-order chi connectivity index (χ1) is 6.63. The van der Waals surface area contributed by atoms with Crippen LogP contribution in [0.25, 0.3) is 0 Å². The molecule has 0 spiro atoms. The molecule has 0 bridgehead atoms. The monoisotopic (exact) mass is 197 g/mol. The van der Waals surface area contributed by atoms with Crippen molar-refractivity contribution in [2.45, 2.75) is 18.6 Å². The van der Waals surface area contributed by atoms with Gasteiger partial charge in [0, 0.05) is 6.04 Å². The zero-order valence-corrected chi connectivity index (χ0v) is 7.80. The van der Waals surface area contributed by atoms with Gasteiger partial charge in [0.15, 0.2) is 0 Å². The van der Waals surface area contributed by atoms with Crippen LogP contribution < -0.4 is 5.73 Å². The number of aromatic hydroxyl groups is 1. The molecule has 0 radical (unpaired) electrons. The van der Waals surface area contributed by atoms with E-state index in [1.54, 1.807) is 12.1 Å². The van der Waals surface area contributed by atoms with Gasteiger partial charge in [0.25, 0.3) is 0 Å². The average molecular weight is 197 g/mol. The highest BCUT2D eigenvalue weighted by Crippen LogP contribution is 2.19. The molecule has 0 aromatic heterocycles. The van der Waals surface area contributed by atoms with Crippen LogP contribution in [0.1, 0.15) is 18.1 Å². The second-order valence-corrected chi connectivity index (χ2v) is 3.29. The Hall–Kier alpha value is -1.10. The summed E-state index contributed by atoms with van der Waals surface area (Å²) in [6.45, 7) is -0.144. The zero-order valence-electron chi connectivity index (χ0n) is 7.80. The predicted octanol–water partition coefficient (Wildman–Crippen LogP) is 0.135. The second-order valence-electron chi connectivity index (χ2n) is 3.29. The maximum absolute atomic E-state index is 9.64. The predicted molar refractivity (Wildman–Crippen MR) is 52.7 cm³/mol. The standard InChI is InChI=1S/C10H15NO3/c11-8(6-12)5-10(14)7-1-3-9(13)4-2-7/h1-4,8,10,12-14H,5-6,11H2/t8-,10-/m0/s1. The van der Waals surface area contributed by atoms with Crippen LogP contribution in [-0.4, -0.2) is 28.0 Å². The van der Waals surface area contributed by atoms with E-state index in [1.165, 1.54) is 12.1 Å². The number of phenols is 1. The smallest absolute Gasteiger partial charge is 0.115 e. The number of hydrogen-bond donors (Lipinski definition) is 4. The van der Waals surface area contributed by atoms with Gasteiger partial charge < -0.3 is 21.1 Å². The van der Waals surface area contributed by atoms with Crippen molar-refractivity contribution >= 4 is 0 Å². The first-order valence-electron chi connectivity index (χ1n) is 4.47. The lowest BCUT2D eigenvalue weighted by atomic mass is 10.0. The number of hydrogen-bond acceptors (Lipinski definition) is 4. The molecular weight excluding hydrogens is 182 g/mol. The summed E-state index contributed by atoms with van der Waals surface area (Å²) in [6.07, 6.45) is -0.390. The molecule has 0 saturated heterocycles. The Morgan fingerprint density at radius 1 is 1.21 bits per heavy atom.